The van der Waals surface area contributed by atoms with Gasteiger partial charge in [0.2, 0.25) is 0 Å². The van der Waals surface area contributed by atoms with Gasteiger partial charge in [0.05, 0.1) is 6.61 Å². The van der Waals surface area contributed by atoms with E-state index in [1.54, 1.807) is 0 Å². The highest BCUT2D eigenvalue weighted by Gasteiger charge is 2.54. The Bertz CT molecular complexity index is 140. The average Bonchev–Trinajstić information content (AvgIpc) is 2.41. The highest BCUT2D eigenvalue weighted by molar-refractivity contribution is 5.09. The van der Waals surface area contributed by atoms with Crippen LogP contribution in [0.1, 0.15) is 32.1 Å². The number of aliphatic hydroxyl groups excluding tert-OH is 1. The lowest BCUT2D eigenvalue weighted by Gasteiger charge is -2.07. The molecular formula is C9H17NO. The smallest absolute Gasteiger partial charge is 0.0556 e. The van der Waals surface area contributed by atoms with Crippen LogP contribution in [0.3, 0.4) is 0 Å². The molecule has 2 N–H and O–H groups in total. The molecule has 1 spiro atoms. The fraction of sp³-hybridized carbons (Fsp3) is 1.00. The molecule has 0 heterocycles. The molecule has 2 heteroatoms. The van der Waals surface area contributed by atoms with E-state index in [0.29, 0.717) is 5.41 Å². The lowest BCUT2D eigenvalue weighted by Crippen LogP contribution is -2.24. The van der Waals surface area contributed by atoms with Crippen LogP contribution >= 0.6 is 0 Å². The van der Waals surface area contributed by atoms with E-state index in [0.717, 1.165) is 12.6 Å². The number of rotatable bonds is 3. The van der Waals surface area contributed by atoms with Crippen LogP contribution in [0.25, 0.3) is 0 Å². The molecule has 2 aliphatic rings. The van der Waals surface area contributed by atoms with E-state index in [9.17, 15) is 0 Å². The third-order valence-corrected chi connectivity index (χ3v) is 3.29. The third kappa shape index (κ3) is 1.30. The number of aliphatic hydroxyl groups is 1. The number of nitrogens with one attached hydrogen (secondary N) is 1. The van der Waals surface area contributed by atoms with Gasteiger partial charge < -0.3 is 10.4 Å². The van der Waals surface area contributed by atoms with Crippen LogP contribution in [0.15, 0.2) is 0 Å². The molecule has 0 aliphatic heterocycles. The molecule has 2 rings (SSSR count). The Balaban J connectivity index is 1.75. The summed E-state index contributed by atoms with van der Waals surface area (Å²) in [5.74, 6) is 0. The Morgan fingerprint density at radius 1 is 1.36 bits per heavy atom. The average molecular weight is 155 g/mol. The summed E-state index contributed by atoms with van der Waals surface area (Å²) in [5, 5.41) is 12.0. The van der Waals surface area contributed by atoms with Crippen molar-refractivity contribution in [1.29, 1.82) is 0 Å². The second-order valence-electron chi connectivity index (χ2n) is 4.00. The van der Waals surface area contributed by atoms with Crippen LogP contribution < -0.4 is 5.32 Å². The second-order valence-corrected chi connectivity index (χ2v) is 4.00. The van der Waals surface area contributed by atoms with Crippen LogP contribution in [0, 0.1) is 5.41 Å². The lowest BCUT2D eigenvalue weighted by atomic mass is 10.1. The molecule has 0 bridgehead atoms. The first-order valence-electron chi connectivity index (χ1n) is 4.72. The first kappa shape index (κ1) is 7.56. The van der Waals surface area contributed by atoms with Gasteiger partial charge >= 0.3 is 0 Å². The summed E-state index contributed by atoms with van der Waals surface area (Å²) < 4.78 is 0. The first-order chi connectivity index (χ1) is 5.37. The zero-order valence-corrected chi connectivity index (χ0v) is 6.97. The molecule has 64 valence electrons. The molecule has 0 amide bonds. The monoisotopic (exact) mass is 155 g/mol. The van der Waals surface area contributed by atoms with Crippen molar-refractivity contribution in [3.05, 3.63) is 0 Å². The van der Waals surface area contributed by atoms with Gasteiger partial charge in [-0.1, -0.05) is 12.8 Å². The summed E-state index contributed by atoms with van der Waals surface area (Å²) in [5.41, 5.74) is 0.690. The predicted molar refractivity (Wildman–Crippen MR) is 44.4 cm³/mol. The number of hydrogen-bond donors (Lipinski definition) is 2. The molecule has 0 saturated heterocycles. The van der Waals surface area contributed by atoms with Gasteiger partial charge in [-0.3, -0.25) is 0 Å². The Kier molecular flexibility index (Phi) is 1.90. The molecule has 2 saturated carbocycles. The SMILES string of the molecule is OCCNC1CC12CCCC2. The summed E-state index contributed by atoms with van der Waals surface area (Å²) in [7, 11) is 0. The van der Waals surface area contributed by atoms with Gasteiger partial charge in [-0.2, -0.15) is 0 Å². The molecule has 0 radical (unpaired) electrons. The maximum Gasteiger partial charge on any atom is 0.0556 e. The fourth-order valence-corrected chi connectivity index (χ4v) is 2.51. The van der Waals surface area contributed by atoms with Crippen LogP contribution in [0.2, 0.25) is 0 Å². The molecule has 2 fully saturated rings. The first-order valence-corrected chi connectivity index (χ1v) is 4.72. The molecule has 0 aromatic carbocycles. The largest absolute Gasteiger partial charge is 0.395 e. The molecule has 1 unspecified atom stereocenters. The molecule has 11 heavy (non-hydrogen) atoms. The summed E-state index contributed by atoms with van der Waals surface area (Å²) in [4.78, 5) is 0. The van der Waals surface area contributed by atoms with Crippen molar-refractivity contribution < 1.29 is 5.11 Å². The normalized spacial score (nSPS) is 33.0. The van der Waals surface area contributed by atoms with Crippen LogP contribution in [0.4, 0.5) is 0 Å². The van der Waals surface area contributed by atoms with Crippen molar-refractivity contribution in [2.24, 2.45) is 5.41 Å². The minimum atomic E-state index is 0.284. The summed E-state index contributed by atoms with van der Waals surface area (Å²) in [6.07, 6.45) is 7.08. The van der Waals surface area contributed by atoms with Gasteiger partial charge in [-0.05, 0) is 24.7 Å². The Hall–Kier alpha value is -0.0800. The van der Waals surface area contributed by atoms with Gasteiger partial charge in [0.25, 0.3) is 0 Å². The van der Waals surface area contributed by atoms with Gasteiger partial charge in [-0.15, -0.1) is 0 Å². The molecule has 1 atom stereocenters. The van der Waals surface area contributed by atoms with Gasteiger partial charge in [0.1, 0.15) is 0 Å². The van der Waals surface area contributed by atoms with Crippen molar-refractivity contribution in [1.82, 2.24) is 5.32 Å². The second kappa shape index (κ2) is 2.76. The van der Waals surface area contributed by atoms with Crippen molar-refractivity contribution in [2.45, 2.75) is 38.1 Å². The summed E-state index contributed by atoms with van der Waals surface area (Å²) in [6, 6.07) is 0.747. The standard InChI is InChI=1S/C9H17NO/c11-6-5-10-8-7-9(8)3-1-2-4-9/h8,10-11H,1-7H2. The molecule has 2 nitrogen and oxygen atoms in total. The molecule has 0 aromatic rings. The molecule has 0 aromatic heterocycles. The van der Waals surface area contributed by atoms with Crippen LogP contribution in [-0.4, -0.2) is 24.3 Å². The zero-order chi connectivity index (χ0) is 7.73. The summed E-state index contributed by atoms with van der Waals surface area (Å²) in [6.45, 7) is 1.07. The van der Waals surface area contributed by atoms with Crippen molar-refractivity contribution in [2.75, 3.05) is 13.2 Å². The van der Waals surface area contributed by atoms with E-state index >= 15 is 0 Å². The molecule has 2 aliphatic carbocycles. The molecular weight excluding hydrogens is 138 g/mol. The topological polar surface area (TPSA) is 32.3 Å². The Morgan fingerprint density at radius 2 is 2.09 bits per heavy atom. The van der Waals surface area contributed by atoms with Crippen molar-refractivity contribution >= 4 is 0 Å². The van der Waals surface area contributed by atoms with E-state index in [2.05, 4.69) is 5.32 Å². The van der Waals surface area contributed by atoms with Crippen LogP contribution in [0.5, 0.6) is 0 Å². The quantitative estimate of drug-likeness (QED) is 0.634. The van der Waals surface area contributed by atoms with Crippen molar-refractivity contribution in [3.8, 4) is 0 Å². The Morgan fingerprint density at radius 3 is 2.73 bits per heavy atom. The van der Waals surface area contributed by atoms with E-state index in [-0.39, 0.29) is 6.61 Å². The highest BCUT2D eigenvalue weighted by Crippen LogP contribution is 2.57. The van der Waals surface area contributed by atoms with Crippen molar-refractivity contribution in [3.63, 3.8) is 0 Å². The van der Waals surface area contributed by atoms with E-state index in [4.69, 9.17) is 5.11 Å². The van der Waals surface area contributed by atoms with Gasteiger partial charge in [0, 0.05) is 12.6 Å². The van der Waals surface area contributed by atoms with Gasteiger partial charge in [-0.25, -0.2) is 0 Å². The summed E-state index contributed by atoms with van der Waals surface area (Å²) >= 11 is 0. The lowest BCUT2D eigenvalue weighted by molar-refractivity contribution is 0.287. The minimum absolute atomic E-state index is 0.284. The minimum Gasteiger partial charge on any atom is -0.395 e. The zero-order valence-electron chi connectivity index (χ0n) is 6.97. The third-order valence-electron chi connectivity index (χ3n) is 3.29. The van der Waals surface area contributed by atoms with Gasteiger partial charge in [0.15, 0.2) is 0 Å². The maximum absolute atomic E-state index is 8.61. The van der Waals surface area contributed by atoms with Crippen LogP contribution in [-0.2, 0) is 0 Å². The number of hydrogen-bond acceptors (Lipinski definition) is 2. The Labute approximate surface area is 68.0 Å². The van der Waals surface area contributed by atoms with E-state index < -0.39 is 0 Å². The fourth-order valence-electron chi connectivity index (χ4n) is 2.51. The highest BCUT2D eigenvalue weighted by atomic mass is 16.3. The maximum atomic E-state index is 8.61. The van der Waals surface area contributed by atoms with E-state index in [1.165, 1.54) is 32.1 Å². The van der Waals surface area contributed by atoms with E-state index in [1.807, 2.05) is 0 Å². The predicted octanol–water partition coefficient (Wildman–Crippen LogP) is 0.901.